The molecule has 30 heavy (non-hydrogen) atoms. The number of rotatable bonds is 8. The minimum atomic E-state index is -1.64. The molecular weight excluding hydrogens is 408 g/mol. The Labute approximate surface area is 173 Å². The van der Waals surface area contributed by atoms with Crippen molar-refractivity contribution in [3.63, 3.8) is 0 Å². The highest BCUT2D eigenvalue weighted by Gasteiger charge is 2.57. The van der Waals surface area contributed by atoms with Crippen molar-refractivity contribution in [2.24, 2.45) is 11.8 Å². The van der Waals surface area contributed by atoms with E-state index in [4.69, 9.17) is 23.7 Å². The average Bonchev–Trinajstić information content (AvgIpc) is 2.67. The maximum absolute atomic E-state index is 12.4. The van der Waals surface area contributed by atoms with Crippen LogP contribution in [-0.2, 0) is 57.1 Å². The van der Waals surface area contributed by atoms with Gasteiger partial charge in [0.1, 0.15) is 12.7 Å². The highest BCUT2D eigenvalue weighted by atomic mass is 16.7. The molecule has 0 N–H and O–H groups in total. The molecule has 0 aromatic rings. The largest absolute Gasteiger partial charge is 0.468 e. The van der Waals surface area contributed by atoms with Crippen molar-refractivity contribution in [1.82, 2.24) is 0 Å². The van der Waals surface area contributed by atoms with Crippen LogP contribution in [0.5, 0.6) is 0 Å². The van der Waals surface area contributed by atoms with E-state index in [1.54, 1.807) is 0 Å². The van der Waals surface area contributed by atoms with Gasteiger partial charge in [-0.25, -0.2) is 0 Å². The molecule has 0 spiro atoms. The second kappa shape index (κ2) is 11.5. The predicted octanol–water partition coefficient (Wildman–Crippen LogP) is -0.637. The molecular formula is C18H26O12. The Kier molecular flexibility index (Phi) is 9.66. The summed E-state index contributed by atoms with van der Waals surface area (Å²) in [7, 11) is 3.33. The summed E-state index contributed by atoms with van der Waals surface area (Å²) in [5, 5.41) is 0. The molecule has 0 radical (unpaired) electrons. The summed E-state index contributed by atoms with van der Waals surface area (Å²) in [6.45, 7) is 2.97. The van der Waals surface area contributed by atoms with Crippen LogP contribution in [0.2, 0.25) is 0 Å². The number of carbonyl (C=O) groups excluding carboxylic acids is 5. The molecule has 1 saturated heterocycles. The van der Waals surface area contributed by atoms with E-state index in [9.17, 15) is 24.0 Å². The molecule has 12 nitrogen and oxygen atoms in total. The molecule has 1 fully saturated rings. The van der Waals surface area contributed by atoms with E-state index in [0.717, 1.165) is 35.0 Å². The highest BCUT2D eigenvalue weighted by Crippen LogP contribution is 2.37. The quantitative estimate of drug-likeness (QED) is 0.272. The Balaban J connectivity index is 3.52. The number of hydrogen-bond donors (Lipinski definition) is 0. The fraction of sp³-hybridized carbons (Fsp3) is 0.722. The standard InChI is InChI=1S/C18H26O12/c1-8(19)27-7-11-14(28-9(2)20)15(29-10(3)21)12(18(26-6)30-11)13(16(22)24-4)17(23)25-5/h11-15,18H,7H2,1-6H3/t11-,12-,14-,15-,18-/m1/s1. The summed E-state index contributed by atoms with van der Waals surface area (Å²) < 4.78 is 35.9. The lowest BCUT2D eigenvalue weighted by atomic mass is 9.80. The number of methoxy groups -OCH3 is 3. The number of esters is 5. The third-order valence-electron chi connectivity index (χ3n) is 4.28. The van der Waals surface area contributed by atoms with Gasteiger partial charge in [-0.05, 0) is 0 Å². The topological polar surface area (TPSA) is 150 Å². The second-order valence-corrected chi connectivity index (χ2v) is 6.33. The molecule has 0 amide bonds. The van der Waals surface area contributed by atoms with Crippen molar-refractivity contribution in [2.75, 3.05) is 27.9 Å². The van der Waals surface area contributed by atoms with Crippen molar-refractivity contribution in [3.8, 4) is 0 Å². The van der Waals surface area contributed by atoms with Gasteiger partial charge < -0.3 is 33.2 Å². The molecule has 1 aliphatic heterocycles. The van der Waals surface area contributed by atoms with Gasteiger partial charge in [0.05, 0.1) is 20.1 Å². The molecule has 12 heteroatoms. The van der Waals surface area contributed by atoms with Crippen LogP contribution in [0.25, 0.3) is 0 Å². The lowest BCUT2D eigenvalue weighted by Crippen LogP contribution is -2.62. The Morgan fingerprint density at radius 2 is 1.30 bits per heavy atom. The first-order valence-electron chi connectivity index (χ1n) is 8.89. The smallest absolute Gasteiger partial charge is 0.320 e. The molecule has 0 unspecified atom stereocenters. The highest BCUT2D eigenvalue weighted by molar-refractivity contribution is 5.95. The van der Waals surface area contributed by atoms with Crippen LogP contribution < -0.4 is 0 Å². The fourth-order valence-electron chi connectivity index (χ4n) is 3.16. The minimum Gasteiger partial charge on any atom is -0.468 e. The molecule has 0 aromatic carbocycles. The molecule has 0 aromatic heterocycles. The second-order valence-electron chi connectivity index (χ2n) is 6.33. The first-order chi connectivity index (χ1) is 14.1. The van der Waals surface area contributed by atoms with Gasteiger partial charge >= 0.3 is 29.8 Å². The zero-order valence-electron chi connectivity index (χ0n) is 17.6. The molecule has 0 saturated carbocycles. The third-order valence-corrected chi connectivity index (χ3v) is 4.28. The summed E-state index contributed by atoms with van der Waals surface area (Å²) >= 11 is 0. The molecule has 1 rings (SSSR count). The summed E-state index contributed by atoms with van der Waals surface area (Å²) in [4.78, 5) is 59.5. The van der Waals surface area contributed by atoms with Gasteiger partial charge in [0, 0.05) is 27.9 Å². The molecule has 0 aliphatic carbocycles. The van der Waals surface area contributed by atoms with Crippen LogP contribution in [0.1, 0.15) is 20.8 Å². The van der Waals surface area contributed by atoms with E-state index in [-0.39, 0.29) is 6.61 Å². The van der Waals surface area contributed by atoms with Gasteiger partial charge in [-0.2, -0.15) is 0 Å². The third kappa shape index (κ3) is 6.39. The van der Waals surface area contributed by atoms with E-state index >= 15 is 0 Å². The maximum atomic E-state index is 12.4. The Morgan fingerprint density at radius 3 is 1.70 bits per heavy atom. The fourth-order valence-corrected chi connectivity index (χ4v) is 3.16. The first-order valence-corrected chi connectivity index (χ1v) is 8.89. The SMILES string of the molecule is COC(=O)C(C(=O)OC)[C@H]1[C@H](OC)O[C@H](COC(C)=O)[C@@H](OC(C)=O)[C@@H]1OC(C)=O. The molecule has 170 valence electrons. The minimum absolute atomic E-state index is 0.376. The maximum Gasteiger partial charge on any atom is 0.320 e. The van der Waals surface area contributed by atoms with Crippen molar-refractivity contribution >= 4 is 29.8 Å². The molecule has 1 aliphatic rings. The van der Waals surface area contributed by atoms with Crippen molar-refractivity contribution in [2.45, 2.75) is 45.4 Å². The Hall–Kier alpha value is -2.73. The Morgan fingerprint density at radius 1 is 0.800 bits per heavy atom. The van der Waals surface area contributed by atoms with Crippen molar-refractivity contribution in [1.29, 1.82) is 0 Å². The van der Waals surface area contributed by atoms with Gasteiger partial charge in [-0.3, -0.25) is 24.0 Å². The number of ether oxygens (including phenoxy) is 7. The van der Waals surface area contributed by atoms with Gasteiger partial charge in [0.15, 0.2) is 24.4 Å². The van der Waals surface area contributed by atoms with Crippen LogP contribution >= 0.6 is 0 Å². The van der Waals surface area contributed by atoms with Gasteiger partial charge in [-0.1, -0.05) is 0 Å². The van der Waals surface area contributed by atoms with Gasteiger partial charge in [0.2, 0.25) is 0 Å². The first kappa shape index (κ1) is 25.3. The molecule has 1 heterocycles. The van der Waals surface area contributed by atoms with Crippen molar-refractivity contribution < 1.29 is 57.1 Å². The normalized spacial score (nSPS) is 25.8. The average molecular weight is 434 g/mol. The predicted molar refractivity (Wildman–Crippen MR) is 94.4 cm³/mol. The van der Waals surface area contributed by atoms with Crippen LogP contribution in [0, 0.1) is 11.8 Å². The van der Waals surface area contributed by atoms with Crippen LogP contribution in [0.3, 0.4) is 0 Å². The van der Waals surface area contributed by atoms with Gasteiger partial charge in [-0.15, -0.1) is 0 Å². The molecule has 5 atom stereocenters. The summed E-state index contributed by atoms with van der Waals surface area (Å²) in [6.07, 6.45) is -5.17. The van der Waals surface area contributed by atoms with Crippen molar-refractivity contribution in [3.05, 3.63) is 0 Å². The van der Waals surface area contributed by atoms with E-state index in [0.29, 0.717) is 0 Å². The van der Waals surface area contributed by atoms with E-state index < -0.39 is 66.3 Å². The summed E-state index contributed by atoms with van der Waals surface area (Å²) in [5.74, 6) is -7.15. The summed E-state index contributed by atoms with van der Waals surface area (Å²) in [5.41, 5.74) is 0. The number of hydrogen-bond acceptors (Lipinski definition) is 12. The lowest BCUT2D eigenvalue weighted by molar-refractivity contribution is -0.293. The zero-order chi connectivity index (χ0) is 23.0. The van der Waals surface area contributed by atoms with E-state index in [1.807, 2.05) is 0 Å². The van der Waals surface area contributed by atoms with Gasteiger partial charge in [0.25, 0.3) is 0 Å². The molecule has 0 bridgehead atoms. The zero-order valence-corrected chi connectivity index (χ0v) is 17.6. The Bertz CT molecular complexity index is 644. The van der Waals surface area contributed by atoms with Crippen LogP contribution in [-0.4, -0.2) is 82.4 Å². The number of carbonyl (C=O) groups is 5. The van der Waals surface area contributed by atoms with E-state index in [2.05, 4.69) is 9.47 Å². The lowest BCUT2D eigenvalue weighted by Gasteiger charge is -2.45. The summed E-state index contributed by atoms with van der Waals surface area (Å²) in [6, 6.07) is 0. The van der Waals surface area contributed by atoms with Crippen LogP contribution in [0.4, 0.5) is 0 Å². The van der Waals surface area contributed by atoms with E-state index in [1.165, 1.54) is 7.11 Å². The monoisotopic (exact) mass is 434 g/mol. The van der Waals surface area contributed by atoms with Crippen LogP contribution in [0.15, 0.2) is 0 Å².